The monoisotopic (exact) mass is 314 g/mol. The van der Waals surface area contributed by atoms with Gasteiger partial charge in [0.05, 0.1) is 5.60 Å². The predicted octanol–water partition coefficient (Wildman–Crippen LogP) is 2.07. The predicted molar refractivity (Wildman–Crippen MR) is 79.3 cm³/mol. The lowest BCUT2D eigenvalue weighted by molar-refractivity contribution is -0.120. The van der Waals surface area contributed by atoms with Gasteiger partial charge < -0.3 is 10.8 Å². The summed E-state index contributed by atoms with van der Waals surface area (Å²) in [6.45, 7) is 1.86. The molecule has 1 aromatic carbocycles. The number of nitrogens with two attached hydrogens (primary N) is 1. The SMILES string of the molecule is NC(=O)CC[C@]1(O)CCCN(Cc2ccc(F)cc2Cl)C1. The third-order valence-corrected chi connectivity index (χ3v) is 4.23. The van der Waals surface area contributed by atoms with Gasteiger partial charge >= 0.3 is 0 Å². The van der Waals surface area contributed by atoms with E-state index in [1.165, 1.54) is 12.1 Å². The molecule has 1 amide bonds. The molecule has 1 fully saturated rings. The number of hydrogen-bond acceptors (Lipinski definition) is 3. The fourth-order valence-electron chi connectivity index (χ4n) is 2.79. The number of primary amides is 1. The highest BCUT2D eigenvalue weighted by atomic mass is 35.5. The van der Waals surface area contributed by atoms with Crippen molar-refractivity contribution in [2.45, 2.75) is 37.8 Å². The van der Waals surface area contributed by atoms with Crippen LogP contribution in [0.2, 0.25) is 5.02 Å². The van der Waals surface area contributed by atoms with Crippen LogP contribution in [0, 0.1) is 5.82 Å². The number of benzene rings is 1. The average Bonchev–Trinajstić information content (AvgIpc) is 2.40. The minimum absolute atomic E-state index is 0.182. The number of carbonyl (C=O) groups is 1. The van der Waals surface area contributed by atoms with Gasteiger partial charge in [-0.25, -0.2) is 4.39 Å². The van der Waals surface area contributed by atoms with Gasteiger partial charge in [-0.15, -0.1) is 0 Å². The summed E-state index contributed by atoms with van der Waals surface area (Å²) in [6.07, 6.45) is 2.06. The number of β-amino-alcohol motifs (C(OH)–C–C–N with tert-alkyl or cyclic N) is 1. The van der Waals surface area contributed by atoms with E-state index in [-0.39, 0.29) is 12.2 Å². The van der Waals surface area contributed by atoms with Gasteiger partial charge in [0, 0.05) is 24.5 Å². The lowest BCUT2D eigenvalue weighted by Gasteiger charge is -2.39. The van der Waals surface area contributed by atoms with Gasteiger partial charge in [0.2, 0.25) is 5.91 Å². The molecule has 1 aliphatic heterocycles. The van der Waals surface area contributed by atoms with Crippen LogP contribution < -0.4 is 5.73 Å². The molecule has 0 aromatic heterocycles. The minimum Gasteiger partial charge on any atom is -0.389 e. The van der Waals surface area contributed by atoms with E-state index in [4.69, 9.17) is 17.3 Å². The van der Waals surface area contributed by atoms with Crippen LogP contribution in [-0.2, 0) is 11.3 Å². The molecule has 0 bridgehead atoms. The summed E-state index contributed by atoms with van der Waals surface area (Å²) in [4.78, 5) is 13.0. The lowest BCUT2D eigenvalue weighted by atomic mass is 9.88. The third kappa shape index (κ3) is 4.66. The van der Waals surface area contributed by atoms with Crippen LogP contribution >= 0.6 is 11.6 Å². The average molecular weight is 315 g/mol. The quantitative estimate of drug-likeness (QED) is 0.874. The van der Waals surface area contributed by atoms with Crippen molar-refractivity contribution in [3.8, 4) is 0 Å². The zero-order chi connectivity index (χ0) is 15.5. The van der Waals surface area contributed by atoms with E-state index in [1.54, 1.807) is 6.07 Å². The van der Waals surface area contributed by atoms with Gasteiger partial charge in [-0.2, -0.15) is 0 Å². The van der Waals surface area contributed by atoms with E-state index in [2.05, 4.69) is 4.90 Å². The second-order valence-electron chi connectivity index (χ2n) is 5.74. The Balaban J connectivity index is 1.99. The molecule has 6 heteroatoms. The summed E-state index contributed by atoms with van der Waals surface area (Å²) >= 11 is 6.03. The van der Waals surface area contributed by atoms with Crippen LogP contribution in [0.15, 0.2) is 18.2 Å². The molecule has 3 N–H and O–H groups in total. The van der Waals surface area contributed by atoms with Crippen molar-refractivity contribution in [1.82, 2.24) is 4.90 Å². The second-order valence-corrected chi connectivity index (χ2v) is 6.15. The minimum atomic E-state index is -0.889. The Morgan fingerprint density at radius 3 is 2.95 bits per heavy atom. The Hall–Kier alpha value is -1.17. The van der Waals surface area contributed by atoms with Crippen LogP contribution in [0.3, 0.4) is 0 Å². The van der Waals surface area contributed by atoms with Gasteiger partial charge in [-0.1, -0.05) is 17.7 Å². The van der Waals surface area contributed by atoms with Crippen molar-refractivity contribution >= 4 is 17.5 Å². The van der Waals surface area contributed by atoms with E-state index in [0.29, 0.717) is 31.0 Å². The Labute approximate surface area is 128 Å². The molecular weight excluding hydrogens is 295 g/mol. The maximum absolute atomic E-state index is 13.0. The van der Waals surface area contributed by atoms with Crippen molar-refractivity contribution in [3.05, 3.63) is 34.6 Å². The van der Waals surface area contributed by atoms with Crippen molar-refractivity contribution in [2.75, 3.05) is 13.1 Å². The van der Waals surface area contributed by atoms with E-state index < -0.39 is 11.5 Å². The molecule has 1 aliphatic rings. The molecule has 1 aromatic rings. The van der Waals surface area contributed by atoms with Crippen molar-refractivity contribution in [1.29, 1.82) is 0 Å². The molecule has 0 spiro atoms. The summed E-state index contributed by atoms with van der Waals surface area (Å²) < 4.78 is 13.0. The largest absolute Gasteiger partial charge is 0.389 e. The van der Waals surface area contributed by atoms with Crippen LogP contribution in [0.4, 0.5) is 4.39 Å². The fourth-order valence-corrected chi connectivity index (χ4v) is 3.02. The van der Waals surface area contributed by atoms with Gasteiger partial charge in [-0.05, 0) is 43.5 Å². The van der Waals surface area contributed by atoms with Gasteiger partial charge in [0.1, 0.15) is 5.82 Å². The first-order valence-corrected chi connectivity index (χ1v) is 7.43. The Bertz CT molecular complexity index is 526. The molecule has 21 heavy (non-hydrogen) atoms. The molecule has 1 atom stereocenters. The topological polar surface area (TPSA) is 66.6 Å². The smallest absolute Gasteiger partial charge is 0.217 e. The summed E-state index contributed by atoms with van der Waals surface area (Å²) in [5.74, 6) is -0.762. The summed E-state index contributed by atoms with van der Waals surface area (Å²) in [5.41, 5.74) is 5.09. The molecule has 0 unspecified atom stereocenters. The first-order valence-electron chi connectivity index (χ1n) is 7.05. The highest BCUT2D eigenvalue weighted by Crippen LogP contribution is 2.28. The number of likely N-dealkylation sites (tertiary alicyclic amines) is 1. The van der Waals surface area contributed by atoms with E-state index >= 15 is 0 Å². The number of nitrogens with zero attached hydrogens (tertiary/aromatic N) is 1. The maximum Gasteiger partial charge on any atom is 0.217 e. The summed E-state index contributed by atoms with van der Waals surface area (Å²) in [5, 5.41) is 10.9. The molecule has 0 aliphatic carbocycles. The molecule has 1 heterocycles. The van der Waals surface area contributed by atoms with Crippen LogP contribution in [0.1, 0.15) is 31.2 Å². The molecule has 116 valence electrons. The normalized spacial score (nSPS) is 23.2. The molecule has 0 radical (unpaired) electrons. The first kappa shape index (κ1) is 16.2. The summed E-state index contributed by atoms with van der Waals surface area (Å²) in [7, 11) is 0. The molecule has 1 saturated heterocycles. The Kier molecular flexibility index (Phi) is 5.19. The number of carbonyl (C=O) groups excluding carboxylic acids is 1. The molecule has 2 rings (SSSR count). The van der Waals surface area contributed by atoms with Crippen LogP contribution in [-0.4, -0.2) is 34.6 Å². The lowest BCUT2D eigenvalue weighted by Crippen LogP contribution is -2.48. The number of amides is 1. The number of rotatable bonds is 5. The van der Waals surface area contributed by atoms with Crippen LogP contribution in [0.5, 0.6) is 0 Å². The van der Waals surface area contributed by atoms with Crippen molar-refractivity contribution in [2.24, 2.45) is 5.73 Å². The number of aliphatic hydroxyl groups is 1. The Morgan fingerprint density at radius 2 is 2.29 bits per heavy atom. The van der Waals surface area contributed by atoms with Crippen molar-refractivity contribution in [3.63, 3.8) is 0 Å². The number of halogens is 2. The summed E-state index contributed by atoms with van der Waals surface area (Å²) in [6, 6.07) is 4.33. The number of hydrogen-bond donors (Lipinski definition) is 2. The zero-order valence-electron chi connectivity index (χ0n) is 11.8. The highest BCUT2D eigenvalue weighted by Gasteiger charge is 2.33. The van der Waals surface area contributed by atoms with E-state index in [1.807, 2.05) is 0 Å². The van der Waals surface area contributed by atoms with Gasteiger partial charge in [0.15, 0.2) is 0 Å². The number of piperidine rings is 1. The van der Waals surface area contributed by atoms with Gasteiger partial charge in [0.25, 0.3) is 0 Å². The molecule has 4 nitrogen and oxygen atoms in total. The fraction of sp³-hybridized carbons (Fsp3) is 0.533. The van der Waals surface area contributed by atoms with Crippen molar-refractivity contribution < 1.29 is 14.3 Å². The molecular formula is C15H20ClFN2O2. The third-order valence-electron chi connectivity index (χ3n) is 3.88. The van der Waals surface area contributed by atoms with Gasteiger partial charge in [-0.3, -0.25) is 9.69 Å². The molecule has 0 saturated carbocycles. The maximum atomic E-state index is 13.0. The standard InChI is InChI=1S/C15H20ClFN2O2/c16-13-8-12(17)3-2-11(13)9-19-7-1-5-15(21,10-19)6-4-14(18)20/h2-3,8,21H,1,4-7,9-10H2,(H2,18,20)/t15-/m1/s1. The highest BCUT2D eigenvalue weighted by molar-refractivity contribution is 6.31. The van der Waals surface area contributed by atoms with Crippen LogP contribution in [0.25, 0.3) is 0 Å². The van der Waals surface area contributed by atoms with E-state index in [9.17, 15) is 14.3 Å². The van der Waals surface area contributed by atoms with E-state index in [0.717, 1.165) is 18.5 Å². The second kappa shape index (κ2) is 6.73. The first-order chi connectivity index (χ1) is 9.88. The zero-order valence-corrected chi connectivity index (χ0v) is 12.6. The Morgan fingerprint density at radius 1 is 1.52 bits per heavy atom.